The topological polar surface area (TPSA) is 32.3 Å². The normalized spacial score (nSPS) is 15.2. The molecular formula is C12H27NOS. The molecule has 92 valence electrons. The Balaban J connectivity index is 3.35. The van der Waals surface area contributed by atoms with E-state index in [1.807, 2.05) is 11.8 Å². The Labute approximate surface area is 99.2 Å². The smallest absolute Gasteiger partial charge is 0.0441 e. The zero-order valence-electron chi connectivity index (χ0n) is 10.5. The van der Waals surface area contributed by atoms with Crippen LogP contribution in [0, 0.1) is 0 Å². The number of aliphatic hydroxyl groups excluding tert-OH is 1. The molecule has 0 fully saturated rings. The molecule has 0 bridgehead atoms. The quantitative estimate of drug-likeness (QED) is 0.569. The lowest BCUT2D eigenvalue weighted by Crippen LogP contribution is -2.28. The van der Waals surface area contributed by atoms with Gasteiger partial charge in [-0.1, -0.05) is 20.8 Å². The molecule has 0 heterocycles. The van der Waals surface area contributed by atoms with Crippen LogP contribution in [-0.4, -0.2) is 35.3 Å². The van der Waals surface area contributed by atoms with Crippen molar-refractivity contribution in [2.45, 2.75) is 57.7 Å². The van der Waals surface area contributed by atoms with Gasteiger partial charge in [0, 0.05) is 17.9 Å². The van der Waals surface area contributed by atoms with Crippen LogP contribution in [0.15, 0.2) is 0 Å². The third-order valence-corrected chi connectivity index (χ3v) is 3.95. The van der Waals surface area contributed by atoms with E-state index >= 15 is 0 Å². The van der Waals surface area contributed by atoms with E-state index in [2.05, 4.69) is 26.1 Å². The van der Waals surface area contributed by atoms with E-state index in [9.17, 15) is 0 Å². The van der Waals surface area contributed by atoms with Crippen LogP contribution in [0.5, 0.6) is 0 Å². The number of aliphatic hydroxyl groups is 1. The van der Waals surface area contributed by atoms with E-state index in [0.717, 1.165) is 13.0 Å². The number of hydrogen-bond donors (Lipinski definition) is 2. The van der Waals surface area contributed by atoms with Gasteiger partial charge in [-0.2, -0.15) is 11.8 Å². The van der Waals surface area contributed by atoms with Gasteiger partial charge in [0.2, 0.25) is 0 Å². The lowest BCUT2D eigenvalue weighted by molar-refractivity contribution is 0.289. The van der Waals surface area contributed by atoms with Crippen molar-refractivity contribution in [3.8, 4) is 0 Å². The van der Waals surface area contributed by atoms with Gasteiger partial charge in [-0.3, -0.25) is 0 Å². The van der Waals surface area contributed by atoms with Crippen LogP contribution in [0.3, 0.4) is 0 Å². The number of rotatable bonds is 10. The molecule has 0 rings (SSSR count). The Hall–Kier alpha value is 0.270. The summed E-state index contributed by atoms with van der Waals surface area (Å²) in [5.41, 5.74) is 0. The van der Waals surface area contributed by atoms with Crippen molar-refractivity contribution in [3.63, 3.8) is 0 Å². The molecule has 2 unspecified atom stereocenters. The highest BCUT2D eigenvalue weighted by Crippen LogP contribution is 2.16. The second kappa shape index (κ2) is 10.8. The first-order chi connectivity index (χ1) is 7.24. The van der Waals surface area contributed by atoms with Crippen LogP contribution in [0.2, 0.25) is 0 Å². The molecule has 0 saturated heterocycles. The molecule has 0 aliphatic heterocycles. The molecule has 0 saturated carbocycles. The van der Waals surface area contributed by atoms with Gasteiger partial charge in [0.25, 0.3) is 0 Å². The monoisotopic (exact) mass is 233 g/mol. The summed E-state index contributed by atoms with van der Waals surface area (Å²) < 4.78 is 0. The third-order valence-electron chi connectivity index (χ3n) is 2.62. The van der Waals surface area contributed by atoms with E-state index in [0.29, 0.717) is 17.9 Å². The Morgan fingerprint density at radius 2 is 2.00 bits per heavy atom. The molecule has 15 heavy (non-hydrogen) atoms. The molecule has 2 N–H and O–H groups in total. The predicted octanol–water partition coefficient (Wildman–Crippen LogP) is 2.66. The van der Waals surface area contributed by atoms with Crippen LogP contribution < -0.4 is 5.32 Å². The summed E-state index contributed by atoms with van der Waals surface area (Å²) in [5.74, 6) is 1.23. The van der Waals surface area contributed by atoms with Crippen molar-refractivity contribution in [2.24, 2.45) is 0 Å². The lowest BCUT2D eigenvalue weighted by Gasteiger charge is -2.16. The van der Waals surface area contributed by atoms with Gasteiger partial charge in [-0.25, -0.2) is 0 Å². The largest absolute Gasteiger partial charge is 0.396 e. The van der Waals surface area contributed by atoms with Gasteiger partial charge in [0.05, 0.1) is 0 Å². The first-order valence-electron chi connectivity index (χ1n) is 6.20. The van der Waals surface area contributed by atoms with Crippen LogP contribution in [-0.2, 0) is 0 Å². The summed E-state index contributed by atoms with van der Waals surface area (Å²) in [7, 11) is 0. The molecule has 0 aliphatic carbocycles. The van der Waals surface area contributed by atoms with Gasteiger partial charge in [0.1, 0.15) is 0 Å². The van der Waals surface area contributed by atoms with Crippen molar-refractivity contribution in [1.82, 2.24) is 5.32 Å². The Morgan fingerprint density at radius 1 is 1.27 bits per heavy atom. The van der Waals surface area contributed by atoms with Crippen LogP contribution >= 0.6 is 11.8 Å². The fourth-order valence-corrected chi connectivity index (χ4v) is 2.63. The van der Waals surface area contributed by atoms with Crippen molar-refractivity contribution in [2.75, 3.05) is 18.9 Å². The highest BCUT2D eigenvalue weighted by Gasteiger charge is 2.05. The molecule has 0 radical (unpaired) electrons. The Morgan fingerprint density at radius 3 is 2.53 bits per heavy atom. The van der Waals surface area contributed by atoms with Gasteiger partial charge in [-0.15, -0.1) is 0 Å². The summed E-state index contributed by atoms with van der Waals surface area (Å²) in [6.07, 6.45) is 4.72. The maximum atomic E-state index is 8.77. The van der Waals surface area contributed by atoms with E-state index < -0.39 is 0 Å². The highest BCUT2D eigenvalue weighted by molar-refractivity contribution is 7.99. The molecule has 2 nitrogen and oxygen atoms in total. The number of hydrogen-bond acceptors (Lipinski definition) is 3. The second-order valence-corrected chi connectivity index (χ2v) is 5.55. The van der Waals surface area contributed by atoms with E-state index in [4.69, 9.17) is 5.11 Å². The number of nitrogens with one attached hydrogen (secondary N) is 1. The maximum Gasteiger partial charge on any atom is 0.0441 e. The molecule has 0 aromatic carbocycles. The zero-order chi connectivity index (χ0) is 11.5. The Kier molecular flexibility index (Phi) is 11.0. The minimum Gasteiger partial charge on any atom is -0.396 e. The molecule has 0 aromatic rings. The average molecular weight is 233 g/mol. The average Bonchev–Trinajstić information content (AvgIpc) is 2.23. The number of thioether (sulfide) groups is 1. The fraction of sp³-hybridized carbons (Fsp3) is 1.00. The second-order valence-electron chi connectivity index (χ2n) is 4.00. The molecule has 0 amide bonds. The van der Waals surface area contributed by atoms with Crippen LogP contribution in [0.4, 0.5) is 0 Å². The third kappa shape index (κ3) is 9.21. The van der Waals surface area contributed by atoms with E-state index in [1.54, 1.807) is 0 Å². The Bertz CT molecular complexity index is 133. The molecule has 0 spiro atoms. The first-order valence-corrected chi connectivity index (χ1v) is 7.25. The minimum absolute atomic E-state index is 0.323. The highest BCUT2D eigenvalue weighted by atomic mass is 32.2. The van der Waals surface area contributed by atoms with Crippen molar-refractivity contribution in [3.05, 3.63) is 0 Å². The maximum absolute atomic E-state index is 8.77. The van der Waals surface area contributed by atoms with E-state index in [-0.39, 0.29) is 0 Å². The molecule has 0 aromatic heterocycles. The van der Waals surface area contributed by atoms with Crippen molar-refractivity contribution in [1.29, 1.82) is 0 Å². The van der Waals surface area contributed by atoms with Crippen LogP contribution in [0.1, 0.15) is 46.5 Å². The van der Waals surface area contributed by atoms with Gasteiger partial charge in [-0.05, 0) is 38.0 Å². The fourth-order valence-electron chi connectivity index (χ4n) is 1.62. The van der Waals surface area contributed by atoms with Gasteiger partial charge >= 0.3 is 0 Å². The van der Waals surface area contributed by atoms with Gasteiger partial charge < -0.3 is 10.4 Å². The molecule has 2 atom stereocenters. The lowest BCUT2D eigenvalue weighted by atomic mass is 10.1. The van der Waals surface area contributed by atoms with Gasteiger partial charge in [0.15, 0.2) is 0 Å². The predicted molar refractivity (Wildman–Crippen MR) is 70.6 cm³/mol. The minimum atomic E-state index is 0.323. The molecule has 0 aliphatic rings. The summed E-state index contributed by atoms with van der Waals surface area (Å²) in [4.78, 5) is 0. The molecule has 3 heteroatoms. The standard InChI is InChI=1S/C12H27NOS/c1-4-12(13-5-2)7-6-10-15-11(3)8-9-14/h11-14H,4-10H2,1-3H3. The van der Waals surface area contributed by atoms with Crippen molar-refractivity contribution < 1.29 is 5.11 Å². The summed E-state index contributed by atoms with van der Waals surface area (Å²) in [6.45, 7) is 8.01. The summed E-state index contributed by atoms with van der Waals surface area (Å²) in [5, 5.41) is 12.9. The molecular weight excluding hydrogens is 206 g/mol. The van der Waals surface area contributed by atoms with Crippen molar-refractivity contribution >= 4 is 11.8 Å². The summed E-state index contributed by atoms with van der Waals surface area (Å²) >= 11 is 1.98. The summed E-state index contributed by atoms with van der Waals surface area (Å²) in [6, 6.07) is 0.698. The first kappa shape index (κ1) is 15.3. The van der Waals surface area contributed by atoms with E-state index in [1.165, 1.54) is 25.0 Å². The van der Waals surface area contributed by atoms with Crippen LogP contribution in [0.25, 0.3) is 0 Å². The zero-order valence-corrected chi connectivity index (χ0v) is 11.3. The SMILES string of the molecule is CCNC(CC)CCCSC(C)CCO.